The second kappa shape index (κ2) is 8.59. The topological polar surface area (TPSA) is 86.9 Å². The highest BCUT2D eigenvalue weighted by Crippen LogP contribution is 2.11. The van der Waals surface area contributed by atoms with Crippen molar-refractivity contribution >= 4 is 40.0 Å². The van der Waals surface area contributed by atoms with Crippen molar-refractivity contribution in [2.24, 2.45) is 4.99 Å². The number of hydrogen-bond acceptors (Lipinski definition) is 4. The molecule has 1 saturated heterocycles. The number of furan rings is 1. The third-order valence-corrected chi connectivity index (χ3v) is 5.05. The van der Waals surface area contributed by atoms with Crippen LogP contribution in [-0.4, -0.2) is 51.1 Å². The Kier molecular flexibility index (Phi) is 7.46. The lowest BCUT2D eigenvalue weighted by atomic mass is 10.4. The predicted molar refractivity (Wildman–Crippen MR) is 92.3 cm³/mol. The zero-order chi connectivity index (χ0) is 14.4. The van der Waals surface area contributed by atoms with E-state index in [0.29, 0.717) is 38.6 Å². The van der Waals surface area contributed by atoms with Gasteiger partial charge in [0.2, 0.25) is 10.0 Å². The molecule has 0 spiro atoms. The van der Waals surface area contributed by atoms with Crippen LogP contribution in [-0.2, 0) is 16.6 Å². The van der Waals surface area contributed by atoms with Crippen LogP contribution in [0.4, 0.5) is 0 Å². The number of halogens is 1. The lowest BCUT2D eigenvalue weighted by Gasteiger charge is -2.16. The minimum Gasteiger partial charge on any atom is -0.467 e. The van der Waals surface area contributed by atoms with Crippen molar-refractivity contribution in [3.63, 3.8) is 0 Å². The molecule has 0 amide bonds. The number of rotatable bonds is 5. The van der Waals surface area contributed by atoms with E-state index in [1.165, 1.54) is 4.31 Å². The molecule has 1 aliphatic heterocycles. The molecule has 1 aliphatic rings. The highest BCUT2D eigenvalue weighted by Gasteiger charge is 2.27. The maximum absolute atomic E-state index is 11.6. The van der Waals surface area contributed by atoms with Crippen molar-refractivity contribution in [3.05, 3.63) is 24.2 Å². The molecule has 120 valence electrons. The lowest BCUT2D eigenvalue weighted by molar-refractivity contribution is 0.444. The summed E-state index contributed by atoms with van der Waals surface area (Å²) in [5.74, 6) is 1.70. The quantitative estimate of drug-likeness (QED) is 0.408. The van der Waals surface area contributed by atoms with Gasteiger partial charge in [-0.2, -0.15) is 0 Å². The monoisotopic (exact) mass is 428 g/mol. The van der Waals surface area contributed by atoms with Gasteiger partial charge in [0, 0.05) is 26.7 Å². The first-order chi connectivity index (χ1) is 9.62. The third kappa shape index (κ3) is 5.47. The Morgan fingerprint density at radius 3 is 2.86 bits per heavy atom. The molecule has 2 N–H and O–H groups in total. The van der Waals surface area contributed by atoms with Gasteiger partial charge in [-0.3, -0.25) is 4.99 Å². The van der Waals surface area contributed by atoms with Crippen LogP contribution in [0.2, 0.25) is 0 Å². The predicted octanol–water partition coefficient (Wildman–Crippen LogP) is 0.598. The summed E-state index contributed by atoms with van der Waals surface area (Å²) in [6, 6.07) is 3.70. The fourth-order valence-corrected chi connectivity index (χ4v) is 3.57. The molecule has 1 fully saturated rings. The van der Waals surface area contributed by atoms with E-state index >= 15 is 0 Å². The van der Waals surface area contributed by atoms with E-state index in [0.717, 1.165) is 5.76 Å². The fraction of sp³-hybridized carbons (Fsp3) is 0.583. The van der Waals surface area contributed by atoms with E-state index in [1.807, 2.05) is 12.1 Å². The first-order valence-corrected chi connectivity index (χ1v) is 8.17. The van der Waals surface area contributed by atoms with Crippen molar-refractivity contribution in [2.75, 3.05) is 32.4 Å². The van der Waals surface area contributed by atoms with Gasteiger partial charge in [0.15, 0.2) is 5.96 Å². The standard InChI is InChI=1S/C12H20N4O3S.HI/c1-13-12(15-10-11-4-2-8-19-11)14-5-7-16-6-3-9-20(16,17)18;/h2,4,8H,3,5-7,9-10H2,1H3,(H2,13,14,15);1H. The molecule has 0 saturated carbocycles. The van der Waals surface area contributed by atoms with Gasteiger partial charge in [-0.1, -0.05) is 0 Å². The lowest BCUT2D eigenvalue weighted by Crippen LogP contribution is -2.41. The van der Waals surface area contributed by atoms with Gasteiger partial charge in [-0.05, 0) is 18.6 Å². The van der Waals surface area contributed by atoms with Crippen LogP contribution in [0.25, 0.3) is 0 Å². The van der Waals surface area contributed by atoms with Crippen LogP contribution in [0.15, 0.2) is 27.8 Å². The van der Waals surface area contributed by atoms with Crippen LogP contribution in [0.3, 0.4) is 0 Å². The second-order valence-electron chi connectivity index (χ2n) is 4.50. The van der Waals surface area contributed by atoms with Gasteiger partial charge < -0.3 is 15.1 Å². The molecular weight excluding hydrogens is 407 g/mol. The number of guanidine groups is 1. The normalized spacial score (nSPS) is 18.2. The molecule has 0 bridgehead atoms. The van der Waals surface area contributed by atoms with Gasteiger partial charge in [0.1, 0.15) is 5.76 Å². The van der Waals surface area contributed by atoms with E-state index in [-0.39, 0.29) is 29.7 Å². The SMILES string of the molecule is CN=C(NCCN1CCCS1(=O)=O)NCc1ccco1.I. The van der Waals surface area contributed by atoms with Crippen molar-refractivity contribution in [2.45, 2.75) is 13.0 Å². The fourth-order valence-electron chi connectivity index (χ4n) is 2.05. The molecule has 2 rings (SSSR count). The zero-order valence-electron chi connectivity index (χ0n) is 11.9. The second-order valence-corrected chi connectivity index (χ2v) is 6.59. The van der Waals surface area contributed by atoms with Crippen molar-refractivity contribution in [1.82, 2.24) is 14.9 Å². The van der Waals surface area contributed by atoms with Crippen LogP contribution in [0.5, 0.6) is 0 Å². The zero-order valence-corrected chi connectivity index (χ0v) is 15.1. The third-order valence-electron chi connectivity index (χ3n) is 3.09. The molecule has 9 heteroatoms. The maximum atomic E-state index is 11.6. The van der Waals surface area contributed by atoms with E-state index in [4.69, 9.17) is 4.42 Å². The number of nitrogens with one attached hydrogen (secondary N) is 2. The molecule has 0 radical (unpaired) electrons. The molecule has 0 aliphatic carbocycles. The maximum Gasteiger partial charge on any atom is 0.214 e. The number of sulfonamides is 1. The molecule has 0 aromatic carbocycles. The van der Waals surface area contributed by atoms with Crippen LogP contribution >= 0.6 is 24.0 Å². The van der Waals surface area contributed by atoms with E-state index < -0.39 is 10.0 Å². The average Bonchev–Trinajstić information content (AvgIpc) is 3.03. The van der Waals surface area contributed by atoms with Gasteiger partial charge in [0.05, 0.1) is 18.6 Å². The summed E-state index contributed by atoms with van der Waals surface area (Å²) in [5.41, 5.74) is 0. The number of hydrogen-bond donors (Lipinski definition) is 2. The van der Waals surface area contributed by atoms with Gasteiger partial charge in [-0.25, -0.2) is 12.7 Å². The molecule has 1 aromatic heterocycles. The van der Waals surface area contributed by atoms with Crippen molar-refractivity contribution < 1.29 is 12.8 Å². The van der Waals surface area contributed by atoms with Gasteiger partial charge >= 0.3 is 0 Å². The Morgan fingerprint density at radius 2 is 2.29 bits per heavy atom. The van der Waals surface area contributed by atoms with Crippen LogP contribution < -0.4 is 10.6 Å². The molecule has 7 nitrogen and oxygen atoms in total. The Balaban J connectivity index is 0.00000220. The first kappa shape index (κ1) is 18.2. The molecule has 2 heterocycles. The highest BCUT2D eigenvalue weighted by molar-refractivity contribution is 14.0. The Labute approximate surface area is 142 Å². The average molecular weight is 428 g/mol. The number of nitrogens with zero attached hydrogens (tertiary/aromatic N) is 2. The minimum absolute atomic E-state index is 0. The van der Waals surface area contributed by atoms with Crippen molar-refractivity contribution in [1.29, 1.82) is 0 Å². The van der Waals surface area contributed by atoms with E-state index in [9.17, 15) is 8.42 Å². The molecule has 1 aromatic rings. The highest BCUT2D eigenvalue weighted by atomic mass is 127. The number of aliphatic imine (C=N–C) groups is 1. The summed E-state index contributed by atoms with van der Waals surface area (Å²) >= 11 is 0. The summed E-state index contributed by atoms with van der Waals surface area (Å²) in [5, 5.41) is 6.18. The molecule has 0 unspecified atom stereocenters. The van der Waals surface area contributed by atoms with Gasteiger partial charge in [-0.15, -0.1) is 24.0 Å². The summed E-state index contributed by atoms with van der Waals surface area (Å²) in [7, 11) is -1.35. The summed E-state index contributed by atoms with van der Waals surface area (Å²) in [4.78, 5) is 4.07. The Bertz CT molecular complexity index is 545. The first-order valence-electron chi connectivity index (χ1n) is 6.56. The van der Waals surface area contributed by atoms with Crippen molar-refractivity contribution in [3.8, 4) is 0 Å². The smallest absolute Gasteiger partial charge is 0.214 e. The Morgan fingerprint density at radius 1 is 1.48 bits per heavy atom. The summed E-state index contributed by atoms with van der Waals surface area (Å²) in [6.45, 7) is 2.14. The van der Waals surface area contributed by atoms with E-state index in [2.05, 4.69) is 15.6 Å². The largest absolute Gasteiger partial charge is 0.467 e. The van der Waals surface area contributed by atoms with Crippen LogP contribution in [0, 0.1) is 0 Å². The molecule has 21 heavy (non-hydrogen) atoms. The summed E-state index contributed by atoms with van der Waals surface area (Å²) in [6.07, 6.45) is 2.33. The minimum atomic E-state index is -3.02. The Hall–Kier alpha value is -0.810. The molecule has 0 atom stereocenters. The van der Waals surface area contributed by atoms with E-state index in [1.54, 1.807) is 13.3 Å². The molecular formula is C12H21IN4O3S. The summed E-state index contributed by atoms with van der Waals surface area (Å²) < 4.78 is 30.0. The van der Waals surface area contributed by atoms with Gasteiger partial charge in [0.25, 0.3) is 0 Å². The van der Waals surface area contributed by atoms with Crippen LogP contribution in [0.1, 0.15) is 12.2 Å².